The number of hydrogen-bond donors (Lipinski definition) is 1. The lowest BCUT2D eigenvalue weighted by atomic mass is 10.2. The maximum absolute atomic E-state index is 12.7. The molecule has 0 aliphatic carbocycles. The van der Waals surface area contributed by atoms with Crippen LogP contribution in [0.4, 0.5) is 0 Å². The number of nitrogens with one attached hydrogen (secondary N) is 1. The number of carbonyl (C=O) groups is 1. The monoisotopic (exact) mass is 433 g/mol. The number of hydrogen-bond acceptors (Lipinski definition) is 7. The summed E-state index contributed by atoms with van der Waals surface area (Å²) in [6.07, 6.45) is 1.34. The van der Waals surface area contributed by atoms with Crippen LogP contribution in [-0.2, 0) is 4.79 Å². The molecule has 0 spiro atoms. The average molecular weight is 434 g/mol. The van der Waals surface area contributed by atoms with Gasteiger partial charge in [0, 0.05) is 21.9 Å². The molecule has 2 aromatic heterocycles. The fourth-order valence-electron chi connectivity index (χ4n) is 2.97. The number of ether oxygens (including phenoxy) is 1. The topological polar surface area (TPSA) is 73.2 Å². The molecule has 146 valence electrons. The molecule has 1 aromatic carbocycles. The highest BCUT2D eigenvalue weighted by molar-refractivity contribution is 8.19. The predicted octanol–water partition coefficient (Wildman–Crippen LogP) is 3.70. The van der Waals surface area contributed by atoms with Crippen molar-refractivity contribution in [1.82, 2.24) is 9.66 Å². The molecule has 9 heteroatoms. The molecule has 1 fully saturated rings. The zero-order chi connectivity index (χ0) is 19.7. The molecular weight excluding hydrogens is 414 g/mol. The van der Waals surface area contributed by atoms with E-state index in [0.717, 1.165) is 32.2 Å². The van der Waals surface area contributed by atoms with Crippen LogP contribution < -0.4 is 15.7 Å². The van der Waals surface area contributed by atoms with Crippen LogP contribution in [0.5, 0.6) is 5.75 Å². The second-order valence-corrected chi connectivity index (χ2v) is 10.2. The molecule has 1 amide bonds. The van der Waals surface area contributed by atoms with Gasteiger partial charge in [-0.25, -0.2) is 9.66 Å². The van der Waals surface area contributed by atoms with E-state index >= 15 is 0 Å². The van der Waals surface area contributed by atoms with Crippen molar-refractivity contribution in [1.29, 1.82) is 0 Å². The van der Waals surface area contributed by atoms with Gasteiger partial charge in [-0.3, -0.25) is 15.0 Å². The number of rotatable bonds is 5. The van der Waals surface area contributed by atoms with Gasteiger partial charge in [0.2, 0.25) is 0 Å². The van der Waals surface area contributed by atoms with Crippen molar-refractivity contribution < 1.29 is 9.53 Å². The molecule has 1 aliphatic rings. The molecule has 3 aromatic rings. The first kappa shape index (κ1) is 19.4. The first-order chi connectivity index (χ1) is 13.5. The van der Waals surface area contributed by atoms with Gasteiger partial charge in [-0.1, -0.05) is 18.2 Å². The van der Waals surface area contributed by atoms with Gasteiger partial charge in [0.05, 0.1) is 9.97 Å². The van der Waals surface area contributed by atoms with E-state index in [1.165, 1.54) is 17.7 Å². The first-order valence-electron chi connectivity index (χ1n) is 8.76. The number of fused-ring (bicyclic) bond motifs is 1. The van der Waals surface area contributed by atoms with Crippen LogP contribution in [0.3, 0.4) is 0 Å². The summed E-state index contributed by atoms with van der Waals surface area (Å²) in [7, 11) is 0. The van der Waals surface area contributed by atoms with Gasteiger partial charge in [-0.05, 0) is 25.5 Å². The Kier molecular flexibility index (Phi) is 5.65. The van der Waals surface area contributed by atoms with Crippen LogP contribution in [0.25, 0.3) is 10.2 Å². The van der Waals surface area contributed by atoms with Crippen molar-refractivity contribution in [2.75, 3.05) is 23.5 Å². The van der Waals surface area contributed by atoms with Crippen LogP contribution in [0.2, 0.25) is 0 Å². The highest BCUT2D eigenvalue weighted by Crippen LogP contribution is 2.48. The summed E-state index contributed by atoms with van der Waals surface area (Å²) < 4.78 is 7.22. The van der Waals surface area contributed by atoms with Crippen molar-refractivity contribution in [3.8, 4) is 5.75 Å². The van der Waals surface area contributed by atoms with Gasteiger partial charge in [-0.15, -0.1) is 34.9 Å². The maximum Gasteiger partial charge on any atom is 0.281 e. The largest absolute Gasteiger partial charge is 0.483 e. The summed E-state index contributed by atoms with van der Waals surface area (Å²) in [4.78, 5) is 31.0. The second-order valence-electron chi connectivity index (χ2n) is 6.32. The second kappa shape index (κ2) is 8.18. The SMILES string of the molecule is Cc1sc2ncn(NC(=O)COc3ccccc3C3SCCS3)c(=O)c2c1C. The minimum atomic E-state index is -0.408. The molecule has 0 radical (unpaired) electrons. The lowest BCUT2D eigenvalue weighted by Gasteiger charge is -2.15. The first-order valence-corrected chi connectivity index (χ1v) is 11.7. The number of para-hydroxylation sites is 1. The fraction of sp³-hybridized carbons (Fsp3) is 0.316. The Hall–Kier alpha value is -1.97. The van der Waals surface area contributed by atoms with E-state index in [-0.39, 0.29) is 12.2 Å². The smallest absolute Gasteiger partial charge is 0.281 e. The fourth-order valence-corrected chi connectivity index (χ4v) is 6.87. The van der Waals surface area contributed by atoms with Gasteiger partial charge >= 0.3 is 0 Å². The standard InChI is InChI=1S/C19H19N3O3S3/c1-11-12(2)28-17-16(11)18(24)22(10-20-17)21-15(23)9-25-14-6-4-3-5-13(14)19-26-7-8-27-19/h3-6,10,19H,7-9H2,1-2H3,(H,21,23). The van der Waals surface area contributed by atoms with Crippen molar-refractivity contribution >= 4 is 51.0 Å². The van der Waals surface area contributed by atoms with Crippen molar-refractivity contribution in [3.05, 3.63) is 57.0 Å². The summed E-state index contributed by atoms with van der Waals surface area (Å²) in [5, 5.41) is 0.548. The molecule has 0 unspecified atom stereocenters. The summed E-state index contributed by atoms with van der Waals surface area (Å²) >= 11 is 5.24. The molecule has 0 saturated carbocycles. The van der Waals surface area contributed by atoms with E-state index in [4.69, 9.17) is 4.74 Å². The third-order valence-electron chi connectivity index (χ3n) is 4.49. The van der Waals surface area contributed by atoms with Gasteiger partial charge in [-0.2, -0.15) is 0 Å². The summed E-state index contributed by atoms with van der Waals surface area (Å²) in [6, 6.07) is 7.78. The molecule has 6 nitrogen and oxygen atoms in total. The summed E-state index contributed by atoms with van der Waals surface area (Å²) in [6.45, 7) is 3.67. The number of thioether (sulfide) groups is 2. The van der Waals surface area contributed by atoms with E-state index in [0.29, 0.717) is 20.5 Å². The Bertz CT molecular complexity index is 1090. The highest BCUT2D eigenvalue weighted by atomic mass is 32.2. The molecule has 3 heterocycles. The molecule has 0 atom stereocenters. The van der Waals surface area contributed by atoms with Gasteiger partial charge in [0.1, 0.15) is 16.9 Å². The quantitative estimate of drug-likeness (QED) is 0.661. The minimum Gasteiger partial charge on any atom is -0.483 e. The Balaban J connectivity index is 1.47. The van der Waals surface area contributed by atoms with E-state index in [1.54, 1.807) is 0 Å². The number of aromatic nitrogens is 2. The van der Waals surface area contributed by atoms with Crippen LogP contribution in [0.1, 0.15) is 20.6 Å². The summed E-state index contributed by atoms with van der Waals surface area (Å²) in [5.74, 6) is 2.53. The van der Waals surface area contributed by atoms with Crippen LogP contribution in [0, 0.1) is 13.8 Å². The third kappa shape index (κ3) is 3.78. The number of carbonyl (C=O) groups excluding carboxylic acids is 1. The van der Waals surface area contributed by atoms with E-state index < -0.39 is 5.91 Å². The van der Waals surface area contributed by atoms with Gasteiger partial charge in [0.15, 0.2) is 6.61 Å². The molecule has 28 heavy (non-hydrogen) atoms. The normalized spacial score (nSPS) is 14.5. The number of nitrogens with zero attached hydrogens (tertiary/aromatic N) is 2. The number of thiophene rings is 1. The molecule has 1 N–H and O–H groups in total. The van der Waals surface area contributed by atoms with E-state index in [9.17, 15) is 9.59 Å². The van der Waals surface area contributed by atoms with Crippen molar-refractivity contribution in [2.45, 2.75) is 18.4 Å². The molecule has 0 bridgehead atoms. The zero-order valence-corrected chi connectivity index (χ0v) is 17.9. The molecule has 4 rings (SSSR count). The van der Waals surface area contributed by atoms with Gasteiger partial charge < -0.3 is 4.74 Å². The van der Waals surface area contributed by atoms with E-state index in [2.05, 4.69) is 10.4 Å². The summed E-state index contributed by atoms with van der Waals surface area (Å²) in [5.41, 5.74) is 4.28. The highest BCUT2D eigenvalue weighted by Gasteiger charge is 2.22. The number of benzene rings is 1. The minimum absolute atomic E-state index is 0.175. The van der Waals surface area contributed by atoms with Crippen molar-refractivity contribution in [2.24, 2.45) is 0 Å². The predicted molar refractivity (Wildman–Crippen MR) is 117 cm³/mol. The zero-order valence-electron chi connectivity index (χ0n) is 15.4. The van der Waals surface area contributed by atoms with Crippen LogP contribution >= 0.6 is 34.9 Å². The molecular formula is C19H19N3O3S3. The average Bonchev–Trinajstić information content (AvgIpc) is 3.32. The molecule has 1 aliphatic heterocycles. The maximum atomic E-state index is 12.7. The lowest BCUT2D eigenvalue weighted by Crippen LogP contribution is -2.35. The van der Waals surface area contributed by atoms with E-state index in [1.807, 2.05) is 61.6 Å². The Labute approximate surface area is 174 Å². The van der Waals surface area contributed by atoms with Crippen LogP contribution in [0.15, 0.2) is 35.4 Å². The Morgan fingerprint density at radius 2 is 2.04 bits per heavy atom. The Morgan fingerprint density at radius 3 is 2.82 bits per heavy atom. The third-order valence-corrected chi connectivity index (χ3v) is 8.67. The van der Waals surface area contributed by atoms with Crippen LogP contribution in [-0.4, -0.2) is 33.7 Å². The lowest BCUT2D eigenvalue weighted by molar-refractivity contribution is -0.119. The molecule has 1 saturated heterocycles. The van der Waals surface area contributed by atoms with Gasteiger partial charge in [0.25, 0.3) is 11.5 Å². The van der Waals surface area contributed by atoms with Crippen molar-refractivity contribution in [3.63, 3.8) is 0 Å². The Morgan fingerprint density at radius 1 is 1.29 bits per heavy atom. The number of aryl methyl sites for hydroxylation is 2. The number of amides is 1.